The van der Waals surface area contributed by atoms with Crippen molar-refractivity contribution in [3.8, 4) is 12.3 Å². The summed E-state index contributed by atoms with van der Waals surface area (Å²) in [7, 11) is 0. The molecule has 4 N–H and O–H groups in total. The first-order chi connectivity index (χ1) is 18.3. The molecule has 0 unspecified atom stereocenters. The van der Waals surface area contributed by atoms with Gasteiger partial charge in [0, 0.05) is 5.41 Å². The van der Waals surface area contributed by atoms with Gasteiger partial charge in [0.15, 0.2) is 6.61 Å². The highest BCUT2D eigenvalue weighted by Crippen LogP contribution is 2.67. The Morgan fingerprint density at radius 1 is 1.15 bits per heavy atom. The zero-order valence-electron chi connectivity index (χ0n) is 23.6. The maximum atomic E-state index is 12.4. The van der Waals surface area contributed by atoms with Crippen LogP contribution < -0.4 is 10.6 Å². The van der Waals surface area contributed by atoms with Crippen LogP contribution in [-0.2, 0) is 19.2 Å². The number of oxime groups is 1. The molecule has 3 fully saturated rings. The highest BCUT2D eigenvalue weighted by Gasteiger charge is 2.63. The number of hydrogen-bond acceptors (Lipinski definition) is 6. The summed E-state index contributed by atoms with van der Waals surface area (Å²) in [6.45, 7) is 7.28. The molecular formula is C30H43N3O6. The van der Waals surface area contributed by atoms with E-state index in [0.29, 0.717) is 24.2 Å². The molecule has 0 saturated heterocycles. The highest BCUT2D eigenvalue weighted by atomic mass is 16.6. The van der Waals surface area contributed by atoms with Gasteiger partial charge in [-0.1, -0.05) is 44.3 Å². The summed E-state index contributed by atoms with van der Waals surface area (Å²) in [5.41, 5.74) is 1.10. The predicted molar refractivity (Wildman–Crippen MR) is 146 cm³/mol. The average Bonchev–Trinajstić information content (AvgIpc) is 3.16. The van der Waals surface area contributed by atoms with Gasteiger partial charge in [0.2, 0.25) is 5.91 Å². The van der Waals surface area contributed by atoms with Crippen molar-refractivity contribution in [1.29, 1.82) is 0 Å². The van der Waals surface area contributed by atoms with Gasteiger partial charge in [-0.15, -0.1) is 6.42 Å². The van der Waals surface area contributed by atoms with Gasteiger partial charge in [-0.2, -0.15) is 0 Å². The maximum Gasteiger partial charge on any atom is 0.322 e. The molecule has 0 aromatic rings. The first-order valence-electron chi connectivity index (χ1n) is 14.2. The van der Waals surface area contributed by atoms with Crippen molar-refractivity contribution < 1.29 is 29.4 Å². The van der Waals surface area contributed by atoms with E-state index in [0.717, 1.165) is 50.7 Å². The van der Waals surface area contributed by atoms with Crippen molar-refractivity contribution in [1.82, 2.24) is 10.6 Å². The number of carbonyl (C=O) groups is 3. The fourth-order valence-electron chi connectivity index (χ4n) is 8.09. The molecule has 9 nitrogen and oxygen atoms in total. The molecule has 4 rings (SSSR count). The second-order valence-electron chi connectivity index (χ2n) is 12.8. The summed E-state index contributed by atoms with van der Waals surface area (Å²) < 4.78 is 0. The summed E-state index contributed by atoms with van der Waals surface area (Å²) in [5.74, 6) is 1.90. The Morgan fingerprint density at radius 3 is 2.54 bits per heavy atom. The van der Waals surface area contributed by atoms with Crippen LogP contribution in [0.5, 0.6) is 0 Å². The number of hydrogen-bond donors (Lipinski definition) is 4. The van der Waals surface area contributed by atoms with Crippen LogP contribution in [0.3, 0.4) is 0 Å². The molecule has 0 bridgehead atoms. The number of rotatable bonds is 8. The van der Waals surface area contributed by atoms with Crippen molar-refractivity contribution in [2.75, 3.05) is 13.2 Å². The van der Waals surface area contributed by atoms with Gasteiger partial charge in [-0.05, 0) is 86.5 Å². The monoisotopic (exact) mass is 541 g/mol. The lowest BCUT2D eigenvalue weighted by atomic mass is 9.46. The lowest BCUT2D eigenvalue weighted by molar-refractivity contribution is -0.138. The van der Waals surface area contributed by atoms with Crippen molar-refractivity contribution in [3.63, 3.8) is 0 Å². The molecular weight excluding hydrogens is 498 g/mol. The SMILES string of the molecule is C#C[C@@]1(O)CC[C@@H]2[C@@H]3CCC4=C/C(=N/OCC(=O)N[C@@H](C(=O)NCC(=O)O)C(C)C)CC[C@]4(C)[C@@H]3CC[C@@]21C. The van der Waals surface area contributed by atoms with E-state index in [9.17, 15) is 19.5 Å². The Kier molecular flexibility index (Phi) is 8.18. The van der Waals surface area contributed by atoms with E-state index in [1.807, 2.05) is 0 Å². The van der Waals surface area contributed by atoms with Crippen LogP contribution in [0, 0.1) is 46.8 Å². The molecule has 214 valence electrons. The smallest absolute Gasteiger partial charge is 0.322 e. The number of nitrogens with one attached hydrogen (secondary N) is 2. The minimum atomic E-state index is -1.15. The largest absolute Gasteiger partial charge is 0.480 e. The van der Waals surface area contributed by atoms with Gasteiger partial charge < -0.3 is 25.7 Å². The molecule has 4 aliphatic rings. The number of carboxylic acids is 1. The Hall–Kier alpha value is -2.86. The summed E-state index contributed by atoms with van der Waals surface area (Å²) in [6.07, 6.45) is 15.5. The highest BCUT2D eigenvalue weighted by molar-refractivity contribution is 5.96. The number of carbonyl (C=O) groups excluding carboxylic acids is 2. The Labute approximate surface area is 231 Å². The third-order valence-electron chi connectivity index (χ3n) is 10.4. The third kappa shape index (κ3) is 5.32. The normalized spacial score (nSPS) is 37.0. The first-order valence-corrected chi connectivity index (χ1v) is 14.2. The second kappa shape index (κ2) is 11.0. The van der Waals surface area contributed by atoms with Crippen LogP contribution >= 0.6 is 0 Å². The average molecular weight is 542 g/mol. The quantitative estimate of drug-likeness (QED) is 0.275. The van der Waals surface area contributed by atoms with Crippen molar-refractivity contribution in [3.05, 3.63) is 11.6 Å². The zero-order chi connectivity index (χ0) is 28.6. The molecule has 3 saturated carbocycles. The van der Waals surface area contributed by atoms with Gasteiger partial charge in [0.05, 0.1) is 5.71 Å². The summed E-state index contributed by atoms with van der Waals surface area (Å²) in [6, 6.07) is -0.866. The number of aliphatic carboxylic acids is 1. The molecule has 39 heavy (non-hydrogen) atoms. The fourth-order valence-corrected chi connectivity index (χ4v) is 8.09. The van der Waals surface area contributed by atoms with E-state index < -0.39 is 36.0 Å². The second-order valence-corrected chi connectivity index (χ2v) is 12.8. The topological polar surface area (TPSA) is 137 Å². The molecule has 9 heteroatoms. The van der Waals surface area contributed by atoms with Gasteiger partial charge in [0.1, 0.15) is 18.2 Å². The Bertz CT molecular complexity index is 1110. The number of allylic oxidation sites excluding steroid dienone is 2. The molecule has 0 radical (unpaired) electrons. The van der Waals surface area contributed by atoms with Crippen molar-refractivity contribution >= 4 is 23.5 Å². The number of amides is 2. The molecule has 2 amide bonds. The van der Waals surface area contributed by atoms with E-state index >= 15 is 0 Å². The molecule has 0 aromatic heterocycles. The van der Waals surface area contributed by atoms with E-state index in [1.54, 1.807) is 13.8 Å². The first kappa shape index (κ1) is 29.1. The number of aliphatic hydroxyl groups is 1. The maximum absolute atomic E-state index is 12.4. The molecule has 0 aromatic carbocycles. The number of fused-ring (bicyclic) bond motifs is 5. The summed E-state index contributed by atoms with van der Waals surface area (Å²) in [5, 5.41) is 29.1. The molecule has 4 aliphatic carbocycles. The minimum absolute atomic E-state index is 0.0886. The van der Waals surface area contributed by atoms with Gasteiger partial charge in [-0.3, -0.25) is 14.4 Å². The predicted octanol–water partition coefficient (Wildman–Crippen LogP) is 3.03. The molecule has 0 spiro atoms. The third-order valence-corrected chi connectivity index (χ3v) is 10.4. The van der Waals surface area contributed by atoms with E-state index in [-0.39, 0.29) is 23.4 Å². The minimum Gasteiger partial charge on any atom is -0.480 e. The number of terminal acetylenes is 1. The lowest BCUT2D eigenvalue weighted by Gasteiger charge is -2.58. The number of nitrogens with zero attached hydrogens (tertiary/aromatic N) is 1. The molecule has 7 atom stereocenters. The lowest BCUT2D eigenvalue weighted by Crippen LogP contribution is -2.54. The molecule has 0 heterocycles. The molecule has 0 aliphatic heterocycles. The van der Waals surface area contributed by atoms with Crippen LogP contribution in [-0.4, -0.2) is 58.5 Å². The fraction of sp³-hybridized carbons (Fsp3) is 0.733. The van der Waals surface area contributed by atoms with Crippen LogP contribution in [0.25, 0.3) is 0 Å². The van der Waals surface area contributed by atoms with Crippen LogP contribution in [0.2, 0.25) is 0 Å². The van der Waals surface area contributed by atoms with Crippen molar-refractivity contribution in [2.24, 2.45) is 39.7 Å². The van der Waals surface area contributed by atoms with E-state index in [2.05, 4.69) is 41.6 Å². The van der Waals surface area contributed by atoms with Crippen LogP contribution in [0.4, 0.5) is 0 Å². The number of carboxylic acid groups (broad SMARTS) is 1. The standard InChI is InChI=1S/C30H43N3O6/c1-6-30(38)14-11-23-21-8-7-19-15-20(9-12-28(19,4)22(21)10-13-29(23,30)5)33-39-17-24(34)32-26(18(2)3)27(37)31-16-25(35)36/h1,15,18,21-23,26,38H,7-14,16-17H2,2-5H3,(H,31,37)(H,32,34)(H,35,36)/b33-20+/t21-,22-,23-,26-,28+,29+,30-/m1/s1. The van der Waals surface area contributed by atoms with E-state index in [4.69, 9.17) is 16.4 Å². The summed E-state index contributed by atoms with van der Waals surface area (Å²) in [4.78, 5) is 40.8. The Balaban J connectivity index is 1.36. The van der Waals surface area contributed by atoms with E-state index in [1.165, 1.54) is 5.57 Å². The van der Waals surface area contributed by atoms with Crippen molar-refractivity contribution in [2.45, 2.75) is 90.7 Å². The van der Waals surface area contributed by atoms with Crippen LogP contribution in [0.15, 0.2) is 16.8 Å². The summed E-state index contributed by atoms with van der Waals surface area (Å²) >= 11 is 0. The van der Waals surface area contributed by atoms with Gasteiger partial charge in [0.25, 0.3) is 5.91 Å². The van der Waals surface area contributed by atoms with Gasteiger partial charge in [-0.25, -0.2) is 0 Å². The van der Waals surface area contributed by atoms with Gasteiger partial charge >= 0.3 is 5.97 Å². The zero-order valence-corrected chi connectivity index (χ0v) is 23.6. The van der Waals surface area contributed by atoms with Crippen LogP contribution in [0.1, 0.15) is 79.1 Å². The Morgan fingerprint density at radius 2 is 1.87 bits per heavy atom.